The topological polar surface area (TPSA) is 98.8 Å². The molecule has 0 radical (unpaired) electrons. The first-order valence-electron chi connectivity index (χ1n) is 12.0. The Morgan fingerprint density at radius 1 is 0.917 bits per heavy atom. The molecule has 1 aliphatic rings. The van der Waals surface area contributed by atoms with Crippen LogP contribution in [0.2, 0.25) is 0 Å². The van der Waals surface area contributed by atoms with Crippen molar-refractivity contribution >= 4 is 38.4 Å². The molecule has 3 aromatic rings. The molecule has 36 heavy (non-hydrogen) atoms. The molecule has 1 heterocycles. The van der Waals surface area contributed by atoms with Gasteiger partial charge in [0.25, 0.3) is 5.91 Å². The average Bonchev–Trinajstić information content (AvgIpc) is 2.85. The van der Waals surface area contributed by atoms with Gasteiger partial charge in [0.1, 0.15) is 0 Å². The van der Waals surface area contributed by atoms with Crippen LogP contribution in [0, 0.1) is 13.8 Å². The summed E-state index contributed by atoms with van der Waals surface area (Å²) in [6.45, 7) is 4.91. The number of amides is 3. The summed E-state index contributed by atoms with van der Waals surface area (Å²) < 4.78 is 29.6. The lowest BCUT2D eigenvalue weighted by atomic mass is 10.0. The zero-order chi connectivity index (χ0) is 26.0. The normalized spacial score (nSPS) is 14.6. The number of piperidine rings is 1. The number of hydrogen-bond acceptors (Lipinski definition) is 4. The third-order valence-electron chi connectivity index (χ3n) is 6.74. The van der Waals surface area contributed by atoms with E-state index in [1.54, 1.807) is 55.4 Å². The van der Waals surface area contributed by atoms with E-state index < -0.39 is 10.0 Å². The van der Waals surface area contributed by atoms with Crippen molar-refractivity contribution < 1.29 is 18.0 Å². The summed E-state index contributed by atoms with van der Waals surface area (Å²) >= 11 is 0. The Hall–Kier alpha value is -3.43. The largest absolute Gasteiger partial charge is 0.331 e. The molecule has 1 saturated heterocycles. The minimum Gasteiger partial charge on any atom is -0.331 e. The van der Waals surface area contributed by atoms with Crippen LogP contribution in [0.25, 0.3) is 10.8 Å². The predicted octanol–water partition coefficient (Wildman–Crippen LogP) is 4.13. The Kier molecular flexibility index (Phi) is 7.33. The highest BCUT2D eigenvalue weighted by Crippen LogP contribution is 2.28. The molecule has 8 nitrogen and oxygen atoms in total. The van der Waals surface area contributed by atoms with Gasteiger partial charge in [0.15, 0.2) is 0 Å². The number of rotatable bonds is 5. The van der Waals surface area contributed by atoms with E-state index in [2.05, 4.69) is 10.0 Å². The van der Waals surface area contributed by atoms with Crippen LogP contribution in [0.1, 0.15) is 34.3 Å². The maximum atomic E-state index is 13.4. The lowest BCUT2D eigenvalue weighted by Crippen LogP contribution is -2.49. The van der Waals surface area contributed by atoms with E-state index >= 15 is 0 Å². The van der Waals surface area contributed by atoms with Gasteiger partial charge in [0.05, 0.1) is 4.90 Å². The van der Waals surface area contributed by atoms with Gasteiger partial charge in [0, 0.05) is 49.9 Å². The second-order valence-corrected chi connectivity index (χ2v) is 11.1. The van der Waals surface area contributed by atoms with Crippen molar-refractivity contribution in [1.29, 1.82) is 0 Å². The van der Waals surface area contributed by atoms with Gasteiger partial charge in [-0.15, -0.1) is 0 Å². The third kappa shape index (κ3) is 5.22. The number of carbonyl (C=O) groups is 2. The molecule has 3 amide bonds. The number of urea groups is 1. The smallest absolute Gasteiger partial charge is 0.319 e. The summed E-state index contributed by atoms with van der Waals surface area (Å²) in [5, 5.41) is 4.01. The Labute approximate surface area is 212 Å². The van der Waals surface area contributed by atoms with Crippen LogP contribution in [0.15, 0.2) is 59.5 Å². The van der Waals surface area contributed by atoms with E-state index in [1.165, 1.54) is 4.90 Å². The summed E-state index contributed by atoms with van der Waals surface area (Å²) in [6, 6.07) is 15.5. The number of anilines is 1. The van der Waals surface area contributed by atoms with E-state index in [4.69, 9.17) is 0 Å². The number of aryl methyl sites for hydroxylation is 1. The molecular formula is C27H32N4O4S. The molecule has 0 atom stereocenters. The molecule has 1 aliphatic heterocycles. The van der Waals surface area contributed by atoms with Gasteiger partial charge in [-0.25, -0.2) is 17.9 Å². The van der Waals surface area contributed by atoms with Crippen LogP contribution in [-0.4, -0.2) is 63.4 Å². The molecule has 0 aliphatic carbocycles. The van der Waals surface area contributed by atoms with E-state index in [0.29, 0.717) is 42.3 Å². The number of likely N-dealkylation sites (tertiary alicyclic amines) is 1. The molecular weight excluding hydrogens is 476 g/mol. The molecule has 0 spiro atoms. The second kappa shape index (κ2) is 10.3. The summed E-state index contributed by atoms with van der Waals surface area (Å²) in [4.78, 5) is 28.7. The molecule has 4 rings (SSSR count). The zero-order valence-corrected chi connectivity index (χ0v) is 21.9. The van der Waals surface area contributed by atoms with Gasteiger partial charge in [-0.05, 0) is 61.4 Å². The molecule has 0 bridgehead atoms. The van der Waals surface area contributed by atoms with Crippen LogP contribution in [-0.2, 0) is 10.0 Å². The van der Waals surface area contributed by atoms with Crippen LogP contribution < -0.4 is 10.0 Å². The Morgan fingerprint density at radius 3 is 2.25 bits per heavy atom. The Balaban J connectivity index is 1.57. The molecule has 190 valence electrons. The number of nitrogens with zero attached hydrogens (tertiary/aromatic N) is 2. The van der Waals surface area contributed by atoms with E-state index in [9.17, 15) is 18.0 Å². The summed E-state index contributed by atoms with van der Waals surface area (Å²) in [5.41, 5.74) is 3.18. The molecule has 3 aromatic carbocycles. The highest BCUT2D eigenvalue weighted by atomic mass is 32.2. The second-order valence-electron chi connectivity index (χ2n) is 9.42. The van der Waals surface area contributed by atoms with Gasteiger partial charge in [-0.3, -0.25) is 4.79 Å². The molecule has 2 N–H and O–H groups in total. The fraction of sp³-hybridized carbons (Fsp3) is 0.333. The standard InChI is InChI=1S/C27H32N4O4S/c1-18-8-5-12-24(19(18)2)28-26(32)23-11-6-10-22-21(23)9-7-13-25(22)36(34,35)29-20-14-16-31(17-15-20)27(33)30(3)4/h5-13,20,29H,14-17H2,1-4H3,(H,28,32). The van der Waals surface area contributed by atoms with Crippen molar-refractivity contribution in [3.05, 3.63) is 71.3 Å². The fourth-order valence-corrected chi connectivity index (χ4v) is 6.07. The van der Waals surface area contributed by atoms with Gasteiger partial charge < -0.3 is 15.1 Å². The van der Waals surface area contributed by atoms with Gasteiger partial charge in [-0.1, -0.05) is 36.4 Å². The van der Waals surface area contributed by atoms with Crippen LogP contribution in [0.3, 0.4) is 0 Å². The first-order chi connectivity index (χ1) is 17.1. The fourth-order valence-electron chi connectivity index (χ4n) is 4.54. The predicted molar refractivity (Wildman–Crippen MR) is 142 cm³/mol. The van der Waals surface area contributed by atoms with Gasteiger partial charge in [0.2, 0.25) is 10.0 Å². The lowest BCUT2D eigenvalue weighted by molar-refractivity contribution is 0.102. The number of sulfonamides is 1. The van der Waals surface area contributed by atoms with Crippen molar-refractivity contribution in [3.63, 3.8) is 0 Å². The number of carbonyl (C=O) groups excluding carboxylic acids is 2. The average molecular weight is 509 g/mol. The van der Waals surface area contributed by atoms with Crippen LogP contribution >= 0.6 is 0 Å². The first kappa shape index (κ1) is 25.7. The number of hydrogen-bond donors (Lipinski definition) is 2. The number of fused-ring (bicyclic) bond motifs is 1. The summed E-state index contributed by atoms with van der Waals surface area (Å²) in [5.74, 6) is -0.297. The highest BCUT2D eigenvalue weighted by Gasteiger charge is 2.28. The molecule has 9 heteroatoms. The minimum absolute atomic E-state index is 0.0722. The minimum atomic E-state index is -3.85. The van der Waals surface area contributed by atoms with Gasteiger partial charge in [-0.2, -0.15) is 0 Å². The maximum absolute atomic E-state index is 13.4. The maximum Gasteiger partial charge on any atom is 0.319 e. The van der Waals surface area contributed by atoms with E-state index in [0.717, 1.165) is 16.8 Å². The van der Waals surface area contributed by atoms with Crippen molar-refractivity contribution in [2.45, 2.75) is 37.6 Å². The quantitative estimate of drug-likeness (QED) is 0.541. The monoisotopic (exact) mass is 508 g/mol. The molecule has 0 aromatic heterocycles. The number of nitrogens with one attached hydrogen (secondary N) is 2. The van der Waals surface area contributed by atoms with Crippen molar-refractivity contribution in [3.8, 4) is 0 Å². The van der Waals surface area contributed by atoms with Crippen molar-refractivity contribution in [2.75, 3.05) is 32.5 Å². The first-order valence-corrected chi connectivity index (χ1v) is 13.4. The third-order valence-corrected chi connectivity index (χ3v) is 8.32. The Bertz CT molecular complexity index is 1410. The van der Waals surface area contributed by atoms with Crippen LogP contribution in [0.4, 0.5) is 10.5 Å². The number of benzene rings is 3. The SMILES string of the molecule is Cc1cccc(NC(=O)c2cccc3c(S(=O)(=O)NC4CCN(C(=O)N(C)C)CC4)cccc23)c1C. The van der Waals surface area contributed by atoms with Crippen molar-refractivity contribution in [1.82, 2.24) is 14.5 Å². The molecule has 0 unspecified atom stereocenters. The van der Waals surface area contributed by atoms with Crippen molar-refractivity contribution in [2.24, 2.45) is 0 Å². The summed E-state index contributed by atoms with van der Waals surface area (Å²) in [7, 11) is -0.445. The summed E-state index contributed by atoms with van der Waals surface area (Å²) in [6.07, 6.45) is 1.07. The molecule has 0 saturated carbocycles. The van der Waals surface area contributed by atoms with Crippen LogP contribution in [0.5, 0.6) is 0 Å². The van der Waals surface area contributed by atoms with E-state index in [-0.39, 0.29) is 22.9 Å². The Morgan fingerprint density at radius 2 is 1.56 bits per heavy atom. The highest BCUT2D eigenvalue weighted by molar-refractivity contribution is 7.89. The van der Waals surface area contributed by atoms with Gasteiger partial charge >= 0.3 is 6.03 Å². The molecule has 1 fully saturated rings. The zero-order valence-electron chi connectivity index (χ0n) is 21.0. The van der Waals surface area contributed by atoms with E-state index in [1.807, 2.05) is 32.0 Å². The lowest BCUT2D eigenvalue weighted by Gasteiger charge is -2.33.